The number of aromatic nitrogens is 1. The van der Waals surface area contributed by atoms with Gasteiger partial charge in [-0.2, -0.15) is 0 Å². The third-order valence-electron chi connectivity index (χ3n) is 4.84. The van der Waals surface area contributed by atoms with E-state index in [0.717, 1.165) is 47.6 Å². The summed E-state index contributed by atoms with van der Waals surface area (Å²) < 4.78 is 17.8. The average Bonchev–Trinajstić information content (AvgIpc) is 3.20. The quantitative estimate of drug-likeness (QED) is 0.539. The Bertz CT molecular complexity index is 926. The number of thiazole rings is 1. The minimum Gasteiger partial charge on any atom is -0.486 e. The Morgan fingerprint density at radius 1 is 1.14 bits per heavy atom. The molecule has 6 heteroatoms. The average molecular weight is 411 g/mol. The zero-order valence-corrected chi connectivity index (χ0v) is 17.7. The highest BCUT2D eigenvalue weighted by Crippen LogP contribution is 2.31. The summed E-state index contributed by atoms with van der Waals surface area (Å²) in [7, 11) is 0. The third kappa shape index (κ3) is 5.28. The van der Waals surface area contributed by atoms with Gasteiger partial charge >= 0.3 is 0 Å². The SMILES string of the molecule is CCN(Cc1csc(COc2ccc(C)cc2)n1)CC1COc2ccccc2O1. The van der Waals surface area contributed by atoms with Crippen LogP contribution in [0.2, 0.25) is 0 Å². The van der Waals surface area contributed by atoms with E-state index in [1.54, 1.807) is 11.3 Å². The lowest BCUT2D eigenvalue weighted by Crippen LogP contribution is -2.40. The number of likely N-dealkylation sites (N-methyl/N-ethyl adjacent to an activating group) is 1. The molecule has 1 aliphatic rings. The van der Waals surface area contributed by atoms with Crippen LogP contribution in [0.4, 0.5) is 0 Å². The number of fused-ring (bicyclic) bond motifs is 1. The van der Waals surface area contributed by atoms with Crippen molar-refractivity contribution >= 4 is 11.3 Å². The zero-order chi connectivity index (χ0) is 20.1. The molecule has 0 saturated carbocycles. The molecular weight excluding hydrogens is 384 g/mol. The summed E-state index contributed by atoms with van der Waals surface area (Å²) in [6.45, 7) is 7.81. The molecule has 5 nitrogen and oxygen atoms in total. The summed E-state index contributed by atoms with van der Waals surface area (Å²) in [4.78, 5) is 7.07. The van der Waals surface area contributed by atoms with Crippen molar-refractivity contribution in [2.24, 2.45) is 0 Å². The molecule has 152 valence electrons. The highest BCUT2D eigenvalue weighted by atomic mass is 32.1. The number of aryl methyl sites for hydroxylation is 1. The van der Waals surface area contributed by atoms with Crippen LogP contribution in [0, 0.1) is 6.92 Å². The molecular formula is C23H26N2O3S. The van der Waals surface area contributed by atoms with Gasteiger partial charge in [0.1, 0.15) is 30.1 Å². The predicted octanol–water partition coefficient (Wildman–Crippen LogP) is 4.69. The molecule has 0 aliphatic carbocycles. The Kier molecular flexibility index (Phi) is 6.32. The van der Waals surface area contributed by atoms with Crippen LogP contribution in [-0.2, 0) is 13.2 Å². The number of rotatable bonds is 8. The second kappa shape index (κ2) is 9.29. The van der Waals surface area contributed by atoms with Crippen molar-refractivity contribution in [3.8, 4) is 17.2 Å². The first-order chi connectivity index (χ1) is 14.2. The fourth-order valence-electron chi connectivity index (χ4n) is 3.24. The van der Waals surface area contributed by atoms with Crippen LogP contribution in [0.3, 0.4) is 0 Å². The first kappa shape index (κ1) is 19.7. The molecule has 29 heavy (non-hydrogen) atoms. The van der Waals surface area contributed by atoms with Gasteiger partial charge in [-0.3, -0.25) is 4.90 Å². The highest BCUT2D eigenvalue weighted by Gasteiger charge is 2.23. The molecule has 0 amide bonds. The van der Waals surface area contributed by atoms with E-state index in [4.69, 9.17) is 19.2 Å². The molecule has 1 atom stereocenters. The number of hydrogen-bond donors (Lipinski definition) is 0. The third-order valence-corrected chi connectivity index (χ3v) is 5.72. The first-order valence-corrected chi connectivity index (χ1v) is 10.8. The van der Waals surface area contributed by atoms with Gasteiger partial charge in [0, 0.05) is 18.5 Å². The predicted molar refractivity (Wildman–Crippen MR) is 115 cm³/mol. The fraction of sp³-hybridized carbons (Fsp3) is 0.348. The molecule has 2 aromatic carbocycles. The van der Waals surface area contributed by atoms with Crippen molar-refractivity contribution in [2.45, 2.75) is 33.1 Å². The van der Waals surface area contributed by atoms with E-state index >= 15 is 0 Å². The van der Waals surface area contributed by atoms with Gasteiger partial charge in [-0.15, -0.1) is 11.3 Å². The molecule has 2 heterocycles. The molecule has 1 aliphatic heterocycles. The highest BCUT2D eigenvalue weighted by molar-refractivity contribution is 7.09. The lowest BCUT2D eigenvalue weighted by molar-refractivity contribution is 0.0577. The molecule has 0 spiro atoms. The molecule has 3 aromatic rings. The maximum Gasteiger partial charge on any atom is 0.161 e. The lowest BCUT2D eigenvalue weighted by atomic mass is 10.2. The number of para-hydroxylation sites is 2. The smallest absolute Gasteiger partial charge is 0.161 e. The van der Waals surface area contributed by atoms with Crippen LogP contribution in [0.5, 0.6) is 17.2 Å². The zero-order valence-electron chi connectivity index (χ0n) is 16.8. The Morgan fingerprint density at radius 2 is 1.93 bits per heavy atom. The molecule has 0 fully saturated rings. The molecule has 0 saturated heterocycles. The molecule has 4 rings (SSSR count). The van der Waals surface area contributed by atoms with Crippen LogP contribution < -0.4 is 14.2 Å². The van der Waals surface area contributed by atoms with Gasteiger partial charge in [-0.05, 0) is 37.7 Å². The summed E-state index contributed by atoms with van der Waals surface area (Å²) >= 11 is 1.64. The van der Waals surface area contributed by atoms with Gasteiger partial charge in [-0.1, -0.05) is 36.8 Å². The first-order valence-electron chi connectivity index (χ1n) is 9.93. The van der Waals surface area contributed by atoms with E-state index < -0.39 is 0 Å². The van der Waals surface area contributed by atoms with E-state index in [0.29, 0.717) is 13.2 Å². The maximum absolute atomic E-state index is 6.10. The molecule has 0 radical (unpaired) electrons. The van der Waals surface area contributed by atoms with Gasteiger partial charge < -0.3 is 14.2 Å². The fourth-order valence-corrected chi connectivity index (χ4v) is 3.94. The normalized spacial score (nSPS) is 15.5. The van der Waals surface area contributed by atoms with Crippen LogP contribution in [0.1, 0.15) is 23.2 Å². The van der Waals surface area contributed by atoms with E-state index in [1.165, 1.54) is 5.56 Å². The summed E-state index contributed by atoms with van der Waals surface area (Å²) in [5.74, 6) is 2.52. The summed E-state index contributed by atoms with van der Waals surface area (Å²) in [6, 6.07) is 15.9. The van der Waals surface area contributed by atoms with E-state index in [9.17, 15) is 0 Å². The standard InChI is InChI=1S/C23H26N2O3S/c1-3-25(13-20-14-27-21-6-4-5-7-22(21)28-20)12-18-16-29-23(24-18)15-26-19-10-8-17(2)9-11-19/h4-11,16,20H,3,12-15H2,1-2H3. The van der Waals surface area contributed by atoms with Gasteiger partial charge in [0.05, 0.1) is 5.69 Å². The number of hydrogen-bond acceptors (Lipinski definition) is 6. The second-order valence-corrected chi connectivity index (χ2v) is 8.10. The minimum atomic E-state index is 0.0211. The molecule has 0 N–H and O–H groups in total. The van der Waals surface area contributed by atoms with Crippen molar-refractivity contribution in [1.29, 1.82) is 0 Å². The van der Waals surface area contributed by atoms with Crippen molar-refractivity contribution in [3.05, 3.63) is 70.2 Å². The number of ether oxygens (including phenoxy) is 3. The van der Waals surface area contributed by atoms with Crippen molar-refractivity contribution in [1.82, 2.24) is 9.88 Å². The Balaban J connectivity index is 1.29. The van der Waals surface area contributed by atoms with Crippen LogP contribution in [0.25, 0.3) is 0 Å². The monoisotopic (exact) mass is 410 g/mol. The van der Waals surface area contributed by atoms with Gasteiger partial charge in [0.25, 0.3) is 0 Å². The van der Waals surface area contributed by atoms with E-state index in [-0.39, 0.29) is 6.10 Å². The summed E-state index contributed by atoms with van der Waals surface area (Å²) in [5.41, 5.74) is 2.29. The van der Waals surface area contributed by atoms with Crippen molar-refractivity contribution < 1.29 is 14.2 Å². The Morgan fingerprint density at radius 3 is 2.72 bits per heavy atom. The Hall–Kier alpha value is -2.57. The van der Waals surface area contributed by atoms with Crippen molar-refractivity contribution in [3.63, 3.8) is 0 Å². The molecule has 0 bridgehead atoms. The van der Waals surface area contributed by atoms with Crippen LogP contribution >= 0.6 is 11.3 Å². The maximum atomic E-state index is 6.10. The largest absolute Gasteiger partial charge is 0.486 e. The van der Waals surface area contributed by atoms with Gasteiger partial charge in [0.2, 0.25) is 0 Å². The van der Waals surface area contributed by atoms with Gasteiger partial charge in [0.15, 0.2) is 11.5 Å². The Labute approximate surface area is 175 Å². The number of benzene rings is 2. The van der Waals surface area contributed by atoms with E-state index in [2.05, 4.69) is 36.3 Å². The molecule has 1 unspecified atom stereocenters. The van der Waals surface area contributed by atoms with Crippen LogP contribution in [-0.4, -0.2) is 35.7 Å². The lowest BCUT2D eigenvalue weighted by Gasteiger charge is -2.30. The van der Waals surface area contributed by atoms with Gasteiger partial charge in [-0.25, -0.2) is 4.98 Å². The van der Waals surface area contributed by atoms with Crippen molar-refractivity contribution in [2.75, 3.05) is 19.7 Å². The van der Waals surface area contributed by atoms with Crippen LogP contribution in [0.15, 0.2) is 53.9 Å². The summed E-state index contributed by atoms with van der Waals surface area (Å²) in [6.07, 6.45) is 0.0211. The molecule has 1 aromatic heterocycles. The topological polar surface area (TPSA) is 43.8 Å². The van der Waals surface area contributed by atoms with E-state index in [1.807, 2.05) is 36.4 Å². The minimum absolute atomic E-state index is 0.0211. The second-order valence-electron chi connectivity index (χ2n) is 7.16. The number of nitrogens with zero attached hydrogens (tertiary/aromatic N) is 2. The summed E-state index contributed by atoms with van der Waals surface area (Å²) in [5, 5.41) is 3.10.